The summed E-state index contributed by atoms with van der Waals surface area (Å²) in [6.07, 6.45) is 2.71. The van der Waals surface area contributed by atoms with E-state index in [4.69, 9.17) is 5.73 Å². The Morgan fingerprint density at radius 3 is 2.61 bits per heavy atom. The predicted molar refractivity (Wildman–Crippen MR) is 68.3 cm³/mol. The number of carbonyl (C=O) groups is 2. The molecule has 18 heavy (non-hydrogen) atoms. The molecule has 1 aliphatic rings. The average Bonchev–Trinajstić information content (AvgIpc) is 2.76. The van der Waals surface area contributed by atoms with Crippen molar-refractivity contribution in [3.8, 4) is 11.1 Å². The van der Waals surface area contributed by atoms with Crippen LogP contribution in [-0.2, 0) is 0 Å². The van der Waals surface area contributed by atoms with Crippen LogP contribution in [0.15, 0.2) is 36.4 Å². The van der Waals surface area contributed by atoms with Crippen LogP contribution in [0.5, 0.6) is 0 Å². The highest BCUT2D eigenvalue weighted by Gasteiger charge is 2.25. The van der Waals surface area contributed by atoms with E-state index in [0.29, 0.717) is 11.1 Å². The number of fused-ring (bicyclic) bond motifs is 3. The van der Waals surface area contributed by atoms with Crippen molar-refractivity contribution in [3.63, 3.8) is 0 Å². The normalized spacial score (nSPS) is 11.8. The van der Waals surface area contributed by atoms with Crippen molar-refractivity contribution >= 4 is 12.2 Å². The molecule has 0 saturated heterocycles. The molecule has 3 rings (SSSR count). The van der Waals surface area contributed by atoms with E-state index in [0.717, 1.165) is 28.5 Å². The number of amides is 1. The highest BCUT2D eigenvalue weighted by molar-refractivity contribution is 6.03. The largest absolute Gasteiger partial charge is 0.366 e. The average molecular weight is 236 g/mol. The zero-order valence-electron chi connectivity index (χ0n) is 9.51. The van der Waals surface area contributed by atoms with Crippen LogP contribution in [0, 0.1) is 6.42 Å². The Morgan fingerprint density at radius 1 is 1.11 bits per heavy atom. The van der Waals surface area contributed by atoms with E-state index in [2.05, 4.69) is 0 Å². The third-order valence-electron chi connectivity index (χ3n) is 3.20. The van der Waals surface area contributed by atoms with Gasteiger partial charge in [-0.25, -0.2) is 0 Å². The maximum absolute atomic E-state index is 11.4. The highest BCUT2D eigenvalue weighted by atomic mass is 16.1. The molecule has 0 fully saturated rings. The van der Waals surface area contributed by atoms with Crippen LogP contribution >= 0.6 is 0 Å². The summed E-state index contributed by atoms with van der Waals surface area (Å²) in [5.41, 5.74) is 9.92. The lowest BCUT2D eigenvalue weighted by Gasteiger charge is -2.07. The Kier molecular flexibility index (Phi) is 2.27. The lowest BCUT2D eigenvalue weighted by Crippen LogP contribution is -2.13. The van der Waals surface area contributed by atoms with Gasteiger partial charge in [-0.05, 0) is 28.3 Å². The molecule has 0 atom stereocenters. The SMILES string of the molecule is NC(=O)c1ccc(C=O)c2c1[CH]c1ccccc1-2. The fourth-order valence-electron chi connectivity index (χ4n) is 2.41. The lowest BCUT2D eigenvalue weighted by atomic mass is 9.96. The Morgan fingerprint density at radius 2 is 1.89 bits per heavy atom. The Bertz CT molecular complexity index is 674. The number of carbonyl (C=O) groups excluding carboxylic acids is 2. The molecule has 0 aliphatic heterocycles. The molecule has 0 bridgehead atoms. The standard InChI is InChI=1S/C15H10NO2/c16-15(18)12-6-5-10(8-17)14-11-4-2-1-3-9(11)7-13(12)14/h1-8H,(H2,16,18). The first-order valence-electron chi connectivity index (χ1n) is 5.58. The molecular weight excluding hydrogens is 226 g/mol. The summed E-state index contributed by atoms with van der Waals surface area (Å²) in [4.78, 5) is 22.6. The second kappa shape index (κ2) is 3.81. The van der Waals surface area contributed by atoms with Crippen LogP contribution in [0.1, 0.15) is 31.8 Å². The molecule has 2 aromatic rings. The van der Waals surface area contributed by atoms with Gasteiger partial charge in [0.15, 0.2) is 6.29 Å². The molecule has 1 radical (unpaired) electrons. The molecule has 3 nitrogen and oxygen atoms in total. The minimum Gasteiger partial charge on any atom is -0.366 e. The summed E-state index contributed by atoms with van der Waals surface area (Å²) >= 11 is 0. The second-order valence-corrected chi connectivity index (χ2v) is 4.20. The molecule has 87 valence electrons. The van der Waals surface area contributed by atoms with Gasteiger partial charge < -0.3 is 5.73 Å². The van der Waals surface area contributed by atoms with E-state index in [1.807, 2.05) is 30.7 Å². The van der Waals surface area contributed by atoms with Crippen LogP contribution in [0.25, 0.3) is 11.1 Å². The summed E-state index contributed by atoms with van der Waals surface area (Å²) in [6, 6.07) is 11.0. The molecular formula is C15H10NO2. The van der Waals surface area contributed by atoms with Crippen molar-refractivity contribution in [1.82, 2.24) is 0 Å². The van der Waals surface area contributed by atoms with Gasteiger partial charge >= 0.3 is 0 Å². The number of hydrogen-bond acceptors (Lipinski definition) is 2. The van der Waals surface area contributed by atoms with Gasteiger partial charge in [0, 0.05) is 17.5 Å². The highest BCUT2D eigenvalue weighted by Crippen LogP contribution is 2.41. The first kappa shape index (κ1) is 10.7. The van der Waals surface area contributed by atoms with Crippen LogP contribution < -0.4 is 5.73 Å². The van der Waals surface area contributed by atoms with Crippen LogP contribution in [0.2, 0.25) is 0 Å². The van der Waals surface area contributed by atoms with Gasteiger partial charge in [-0.1, -0.05) is 30.3 Å². The number of rotatable bonds is 2. The predicted octanol–water partition coefficient (Wildman–Crippen LogP) is 2.18. The molecule has 0 spiro atoms. The quantitative estimate of drug-likeness (QED) is 0.693. The molecule has 1 aliphatic carbocycles. The fourth-order valence-corrected chi connectivity index (χ4v) is 2.41. The van der Waals surface area contributed by atoms with Gasteiger partial charge in [0.2, 0.25) is 5.91 Å². The zero-order chi connectivity index (χ0) is 12.7. The van der Waals surface area contributed by atoms with Crippen molar-refractivity contribution in [2.45, 2.75) is 0 Å². The van der Waals surface area contributed by atoms with Gasteiger partial charge in [-0.15, -0.1) is 0 Å². The topological polar surface area (TPSA) is 60.2 Å². The van der Waals surface area contributed by atoms with E-state index < -0.39 is 5.91 Å². The van der Waals surface area contributed by atoms with E-state index in [1.54, 1.807) is 12.1 Å². The first-order valence-corrected chi connectivity index (χ1v) is 5.58. The van der Waals surface area contributed by atoms with Crippen molar-refractivity contribution < 1.29 is 9.59 Å². The minimum atomic E-state index is -0.479. The Hall–Kier alpha value is -2.42. The van der Waals surface area contributed by atoms with E-state index >= 15 is 0 Å². The molecule has 2 N–H and O–H groups in total. The number of nitrogens with two attached hydrogens (primary N) is 1. The molecule has 2 aromatic carbocycles. The van der Waals surface area contributed by atoms with Crippen LogP contribution in [0.4, 0.5) is 0 Å². The van der Waals surface area contributed by atoms with Gasteiger partial charge in [-0.2, -0.15) is 0 Å². The summed E-state index contributed by atoms with van der Waals surface area (Å²) in [7, 11) is 0. The van der Waals surface area contributed by atoms with E-state index in [9.17, 15) is 9.59 Å². The first-order chi connectivity index (χ1) is 8.72. The molecule has 3 heteroatoms. The third-order valence-corrected chi connectivity index (χ3v) is 3.20. The third kappa shape index (κ3) is 1.37. The van der Waals surface area contributed by atoms with E-state index in [1.165, 1.54) is 0 Å². The zero-order valence-corrected chi connectivity index (χ0v) is 9.51. The minimum absolute atomic E-state index is 0.451. The second-order valence-electron chi connectivity index (χ2n) is 4.20. The summed E-state index contributed by atoms with van der Waals surface area (Å²) in [6.45, 7) is 0. The van der Waals surface area contributed by atoms with Gasteiger partial charge in [0.05, 0.1) is 0 Å². The van der Waals surface area contributed by atoms with E-state index in [-0.39, 0.29) is 0 Å². The summed E-state index contributed by atoms with van der Waals surface area (Å²) in [5, 5.41) is 0. The molecule has 0 saturated carbocycles. The van der Waals surface area contributed by atoms with Gasteiger partial charge in [0.25, 0.3) is 0 Å². The summed E-state index contributed by atoms with van der Waals surface area (Å²) < 4.78 is 0. The molecule has 0 heterocycles. The van der Waals surface area contributed by atoms with Crippen LogP contribution in [0.3, 0.4) is 0 Å². The number of benzene rings is 2. The number of aldehydes is 1. The summed E-state index contributed by atoms with van der Waals surface area (Å²) in [5.74, 6) is -0.479. The van der Waals surface area contributed by atoms with Crippen molar-refractivity contribution in [1.29, 1.82) is 0 Å². The Labute approximate surface area is 104 Å². The van der Waals surface area contributed by atoms with Crippen LogP contribution in [-0.4, -0.2) is 12.2 Å². The monoisotopic (exact) mass is 236 g/mol. The van der Waals surface area contributed by atoms with Gasteiger partial charge in [0.1, 0.15) is 0 Å². The fraction of sp³-hybridized carbons (Fsp3) is 0. The lowest BCUT2D eigenvalue weighted by molar-refractivity contribution is 0.0999. The van der Waals surface area contributed by atoms with Crippen molar-refractivity contribution in [2.75, 3.05) is 0 Å². The molecule has 0 unspecified atom stereocenters. The smallest absolute Gasteiger partial charge is 0.249 e. The Balaban J connectivity index is 2.36. The molecule has 0 aromatic heterocycles. The maximum atomic E-state index is 11.4. The van der Waals surface area contributed by atoms with Crippen molar-refractivity contribution in [3.05, 3.63) is 65.1 Å². The number of hydrogen-bond donors (Lipinski definition) is 1. The molecule has 1 amide bonds. The number of primary amides is 1. The van der Waals surface area contributed by atoms with Gasteiger partial charge in [-0.3, -0.25) is 9.59 Å². The van der Waals surface area contributed by atoms with Crippen molar-refractivity contribution in [2.24, 2.45) is 5.73 Å². The maximum Gasteiger partial charge on any atom is 0.249 e.